The molecule has 0 spiro atoms. The van der Waals surface area contributed by atoms with Crippen molar-refractivity contribution < 1.29 is 19.1 Å². The Kier molecular flexibility index (Phi) is 12.2. The van der Waals surface area contributed by atoms with E-state index in [0.29, 0.717) is 39.4 Å². The number of rotatable bonds is 11. The van der Waals surface area contributed by atoms with E-state index in [1.807, 2.05) is 38.0 Å². The molecule has 8 heteroatoms. The molecule has 0 saturated heterocycles. The zero-order valence-electron chi connectivity index (χ0n) is 14.2. The lowest BCUT2D eigenvalue weighted by Gasteiger charge is -2.11. The van der Waals surface area contributed by atoms with Crippen molar-refractivity contribution in [3.63, 3.8) is 0 Å². The highest BCUT2D eigenvalue weighted by molar-refractivity contribution is 5.67. The average Bonchev–Trinajstić information content (AvgIpc) is 2.41. The van der Waals surface area contributed by atoms with Gasteiger partial charge < -0.3 is 29.9 Å². The van der Waals surface area contributed by atoms with Gasteiger partial charge in [0.25, 0.3) is 0 Å². The Morgan fingerprint density at radius 2 is 1.14 bits per heavy atom. The average molecular weight is 318 g/mol. The van der Waals surface area contributed by atoms with Crippen LogP contribution in [0.5, 0.6) is 0 Å². The van der Waals surface area contributed by atoms with Gasteiger partial charge in [0.05, 0.1) is 0 Å². The number of hydrogen-bond acceptors (Lipinski definition) is 6. The van der Waals surface area contributed by atoms with Crippen LogP contribution in [0.15, 0.2) is 0 Å². The van der Waals surface area contributed by atoms with Gasteiger partial charge >= 0.3 is 12.2 Å². The van der Waals surface area contributed by atoms with Gasteiger partial charge in [-0.3, -0.25) is 0 Å². The Labute approximate surface area is 133 Å². The highest BCUT2D eigenvalue weighted by atomic mass is 16.6. The van der Waals surface area contributed by atoms with Crippen molar-refractivity contribution in [1.82, 2.24) is 20.4 Å². The van der Waals surface area contributed by atoms with E-state index in [1.54, 1.807) is 0 Å². The van der Waals surface area contributed by atoms with Gasteiger partial charge in [0.2, 0.25) is 0 Å². The Balaban J connectivity index is 3.35. The van der Waals surface area contributed by atoms with E-state index in [9.17, 15) is 9.59 Å². The minimum absolute atomic E-state index is 0.374. The number of hydrogen-bond donors (Lipinski definition) is 2. The first kappa shape index (κ1) is 20.5. The first-order chi connectivity index (χ1) is 10.4. The molecule has 0 aliphatic carbocycles. The van der Waals surface area contributed by atoms with Crippen molar-refractivity contribution in [2.24, 2.45) is 0 Å². The van der Waals surface area contributed by atoms with Crippen LogP contribution in [0.1, 0.15) is 12.8 Å². The molecule has 2 N–H and O–H groups in total. The Bertz CT molecular complexity index is 281. The van der Waals surface area contributed by atoms with Crippen molar-refractivity contribution in [2.45, 2.75) is 12.8 Å². The predicted molar refractivity (Wildman–Crippen MR) is 85.0 cm³/mol. The van der Waals surface area contributed by atoms with Gasteiger partial charge in [-0.05, 0) is 41.0 Å². The number of carbonyl (C=O) groups excluding carboxylic acids is 2. The maximum absolute atomic E-state index is 11.3. The molecule has 0 unspecified atom stereocenters. The van der Waals surface area contributed by atoms with Gasteiger partial charge in [-0.15, -0.1) is 0 Å². The number of likely N-dealkylation sites (N-methyl/N-ethyl adjacent to an activating group) is 2. The molecule has 0 heterocycles. The van der Waals surface area contributed by atoms with Crippen LogP contribution in [0, 0.1) is 0 Å². The van der Waals surface area contributed by atoms with Crippen LogP contribution in [0.2, 0.25) is 0 Å². The van der Waals surface area contributed by atoms with Gasteiger partial charge in [0, 0.05) is 26.2 Å². The molecule has 0 atom stereocenters. The molecule has 0 saturated carbocycles. The highest BCUT2D eigenvalue weighted by Crippen LogP contribution is 1.88. The topological polar surface area (TPSA) is 83.1 Å². The van der Waals surface area contributed by atoms with Crippen LogP contribution in [-0.4, -0.2) is 89.6 Å². The monoisotopic (exact) mass is 318 g/mol. The summed E-state index contributed by atoms with van der Waals surface area (Å²) in [6, 6.07) is 0. The first-order valence-electron chi connectivity index (χ1n) is 7.52. The maximum Gasteiger partial charge on any atom is 0.407 e. The molecule has 0 bridgehead atoms. The fourth-order valence-corrected chi connectivity index (χ4v) is 1.37. The second-order valence-corrected chi connectivity index (χ2v) is 5.44. The SMILES string of the molecule is CN(C)CCOC(=O)NCCCCNC(=O)OCCN(C)C. The smallest absolute Gasteiger partial charge is 0.407 e. The second-order valence-electron chi connectivity index (χ2n) is 5.44. The molecule has 0 aliphatic rings. The molecule has 0 aromatic heterocycles. The van der Waals surface area contributed by atoms with Gasteiger partial charge in [0.1, 0.15) is 13.2 Å². The minimum atomic E-state index is -0.405. The van der Waals surface area contributed by atoms with Crippen LogP contribution in [-0.2, 0) is 9.47 Å². The van der Waals surface area contributed by atoms with E-state index in [-0.39, 0.29) is 0 Å². The van der Waals surface area contributed by atoms with Crippen molar-refractivity contribution in [2.75, 3.05) is 67.6 Å². The number of carbonyl (C=O) groups is 2. The van der Waals surface area contributed by atoms with Crippen molar-refractivity contribution in [3.05, 3.63) is 0 Å². The summed E-state index contributed by atoms with van der Waals surface area (Å²) in [4.78, 5) is 26.5. The third-order valence-corrected chi connectivity index (χ3v) is 2.69. The molecule has 130 valence electrons. The van der Waals surface area contributed by atoms with Crippen molar-refractivity contribution in [3.8, 4) is 0 Å². The highest BCUT2D eigenvalue weighted by Gasteiger charge is 2.03. The number of ether oxygens (including phenoxy) is 2. The van der Waals surface area contributed by atoms with E-state index in [4.69, 9.17) is 9.47 Å². The molecule has 0 radical (unpaired) electrons. The zero-order valence-corrected chi connectivity index (χ0v) is 14.2. The summed E-state index contributed by atoms with van der Waals surface area (Å²) in [5, 5.41) is 5.32. The summed E-state index contributed by atoms with van der Waals surface area (Å²) in [7, 11) is 7.67. The number of nitrogens with zero attached hydrogens (tertiary/aromatic N) is 2. The second kappa shape index (κ2) is 13.1. The lowest BCUT2D eigenvalue weighted by Crippen LogP contribution is -2.30. The maximum atomic E-state index is 11.3. The van der Waals surface area contributed by atoms with Gasteiger partial charge in [-0.1, -0.05) is 0 Å². The van der Waals surface area contributed by atoms with Gasteiger partial charge in [-0.25, -0.2) is 9.59 Å². The molecule has 0 rings (SSSR count). The summed E-state index contributed by atoms with van der Waals surface area (Å²) in [5.41, 5.74) is 0. The number of unbranched alkanes of at least 4 members (excludes halogenated alkanes) is 1. The Morgan fingerprint density at radius 3 is 1.45 bits per heavy atom. The summed E-state index contributed by atoms with van der Waals surface area (Å²) >= 11 is 0. The molecule has 8 nitrogen and oxygen atoms in total. The summed E-state index contributed by atoms with van der Waals surface area (Å²) in [6.45, 7) is 3.20. The standard InChI is InChI=1S/C14H30N4O4/c1-17(2)9-11-21-13(19)15-7-5-6-8-16-14(20)22-12-10-18(3)4/h5-12H2,1-4H3,(H,15,19)(H,16,20). The minimum Gasteiger partial charge on any atom is -0.448 e. The molecule has 2 amide bonds. The Morgan fingerprint density at radius 1 is 0.773 bits per heavy atom. The van der Waals surface area contributed by atoms with Crippen LogP contribution in [0.25, 0.3) is 0 Å². The molecule has 0 aromatic carbocycles. The third kappa shape index (κ3) is 14.9. The molecular weight excluding hydrogens is 288 g/mol. The molecule has 0 fully saturated rings. The number of alkyl carbamates (subject to hydrolysis) is 2. The molecule has 0 aromatic rings. The summed E-state index contributed by atoms with van der Waals surface area (Å²) < 4.78 is 9.95. The van der Waals surface area contributed by atoms with E-state index in [1.165, 1.54) is 0 Å². The summed E-state index contributed by atoms with van der Waals surface area (Å²) in [6.07, 6.45) is 0.720. The van der Waals surface area contributed by atoms with Crippen LogP contribution in [0.3, 0.4) is 0 Å². The van der Waals surface area contributed by atoms with E-state index in [0.717, 1.165) is 12.8 Å². The fraction of sp³-hybridized carbons (Fsp3) is 0.857. The van der Waals surface area contributed by atoms with Crippen LogP contribution < -0.4 is 10.6 Å². The number of nitrogens with one attached hydrogen (secondary N) is 2. The van der Waals surface area contributed by atoms with Gasteiger partial charge in [0.15, 0.2) is 0 Å². The Hall–Kier alpha value is -1.54. The van der Waals surface area contributed by atoms with Crippen LogP contribution >= 0.6 is 0 Å². The zero-order chi connectivity index (χ0) is 16.8. The third-order valence-electron chi connectivity index (χ3n) is 2.69. The fourth-order valence-electron chi connectivity index (χ4n) is 1.37. The van der Waals surface area contributed by atoms with E-state index in [2.05, 4.69) is 10.6 Å². The molecule has 22 heavy (non-hydrogen) atoms. The summed E-state index contributed by atoms with van der Waals surface area (Å²) in [5.74, 6) is 0. The number of amides is 2. The van der Waals surface area contributed by atoms with Crippen molar-refractivity contribution >= 4 is 12.2 Å². The largest absolute Gasteiger partial charge is 0.448 e. The van der Waals surface area contributed by atoms with Crippen molar-refractivity contribution in [1.29, 1.82) is 0 Å². The van der Waals surface area contributed by atoms with Gasteiger partial charge in [-0.2, -0.15) is 0 Å². The van der Waals surface area contributed by atoms with E-state index >= 15 is 0 Å². The first-order valence-corrected chi connectivity index (χ1v) is 7.52. The molecule has 0 aliphatic heterocycles. The molecular formula is C14H30N4O4. The lowest BCUT2D eigenvalue weighted by molar-refractivity contribution is 0.134. The predicted octanol–water partition coefficient (Wildman–Crippen LogP) is 0.342. The lowest BCUT2D eigenvalue weighted by atomic mass is 10.3. The van der Waals surface area contributed by atoms with E-state index < -0.39 is 12.2 Å². The quantitative estimate of drug-likeness (QED) is 0.535. The normalized spacial score (nSPS) is 10.6. The van der Waals surface area contributed by atoms with Crippen LogP contribution in [0.4, 0.5) is 9.59 Å².